The fourth-order valence-electron chi connectivity index (χ4n) is 2.25. The summed E-state index contributed by atoms with van der Waals surface area (Å²) < 4.78 is 5.28. The van der Waals surface area contributed by atoms with E-state index in [9.17, 15) is 4.79 Å². The number of Topliss-reactive ketones (excluding diaryl/α,β-unsaturated/α-hetero) is 1. The summed E-state index contributed by atoms with van der Waals surface area (Å²) in [6.07, 6.45) is 1.71. The summed E-state index contributed by atoms with van der Waals surface area (Å²) in [6.45, 7) is 7.53. The van der Waals surface area contributed by atoms with Crippen molar-refractivity contribution in [2.24, 2.45) is 5.92 Å². The molecular weight excluding hydrogens is 202 g/mol. The van der Waals surface area contributed by atoms with Crippen molar-refractivity contribution in [1.29, 1.82) is 0 Å². The quantitative estimate of drug-likeness (QED) is 0.780. The molecule has 0 atom stereocenters. The fraction of sp³-hybridized carbons (Fsp3) is 0.615. The molecule has 0 bridgehead atoms. The molecule has 0 aromatic carbocycles. The molecule has 2 rings (SSSR count). The molecule has 2 heterocycles. The first-order chi connectivity index (χ1) is 7.61. The van der Waals surface area contributed by atoms with Gasteiger partial charge in [0.15, 0.2) is 5.78 Å². The van der Waals surface area contributed by atoms with Gasteiger partial charge in [-0.15, -0.1) is 0 Å². The number of hydrogen-bond acceptors (Lipinski definition) is 2. The number of rotatable bonds is 2. The standard InChI is InChI=1S/C13H19NO2/c1-8-9(2)12(14-10(8)3)13(15)11-4-6-16-7-5-11/h11,14H,4-7H2,1-3H3. The highest BCUT2D eigenvalue weighted by molar-refractivity contribution is 5.98. The van der Waals surface area contributed by atoms with E-state index in [0.717, 1.165) is 29.8 Å². The molecule has 16 heavy (non-hydrogen) atoms. The minimum atomic E-state index is 0.143. The summed E-state index contributed by atoms with van der Waals surface area (Å²) in [5.74, 6) is 0.405. The number of nitrogens with one attached hydrogen (secondary N) is 1. The van der Waals surface area contributed by atoms with Gasteiger partial charge in [0.25, 0.3) is 0 Å². The Morgan fingerprint density at radius 2 is 1.81 bits per heavy atom. The van der Waals surface area contributed by atoms with Gasteiger partial charge in [0.05, 0.1) is 5.69 Å². The first kappa shape index (κ1) is 11.4. The SMILES string of the molecule is Cc1[nH]c(C(=O)C2CCOCC2)c(C)c1C. The van der Waals surface area contributed by atoms with Crippen LogP contribution in [0.1, 0.15) is 40.2 Å². The monoisotopic (exact) mass is 221 g/mol. The maximum atomic E-state index is 12.3. The fourth-order valence-corrected chi connectivity index (χ4v) is 2.25. The molecule has 1 saturated heterocycles. The highest BCUT2D eigenvalue weighted by Crippen LogP contribution is 2.24. The Hall–Kier alpha value is -1.09. The zero-order valence-electron chi connectivity index (χ0n) is 10.2. The summed E-state index contributed by atoms with van der Waals surface area (Å²) in [4.78, 5) is 15.5. The molecular formula is C13H19NO2. The van der Waals surface area contributed by atoms with E-state index >= 15 is 0 Å². The number of ether oxygens (including phenoxy) is 1. The molecule has 0 spiro atoms. The van der Waals surface area contributed by atoms with Gasteiger partial charge in [-0.25, -0.2) is 0 Å². The van der Waals surface area contributed by atoms with Crippen molar-refractivity contribution in [3.63, 3.8) is 0 Å². The van der Waals surface area contributed by atoms with Crippen molar-refractivity contribution in [3.8, 4) is 0 Å². The van der Waals surface area contributed by atoms with E-state index in [1.807, 2.05) is 13.8 Å². The van der Waals surface area contributed by atoms with Gasteiger partial charge < -0.3 is 9.72 Å². The van der Waals surface area contributed by atoms with Crippen LogP contribution in [0, 0.1) is 26.7 Å². The Morgan fingerprint density at radius 1 is 1.19 bits per heavy atom. The molecule has 1 aliphatic rings. The number of carbonyl (C=O) groups excluding carboxylic acids is 1. The van der Waals surface area contributed by atoms with Crippen LogP contribution in [0.15, 0.2) is 0 Å². The Balaban J connectivity index is 2.22. The lowest BCUT2D eigenvalue weighted by atomic mass is 9.92. The molecule has 1 aromatic rings. The highest BCUT2D eigenvalue weighted by atomic mass is 16.5. The average molecular weight is 221 g/mol. The zero-order valence-corrected chi connectivity index (χ0v) is 10.2. The summed E-state index contributed by atoms with van der Waals surface area (Å²) in [5.41, 5.74) is 4.22. The Labute approximate surface area is 96.2 Å². The predicted octanol–water partition coefficient (Wildman–Crippen LogP) is 2.55. The van der Waals surface area contributed by atoms with Crippen LogP contribution in [-0.4, -0.2) is 24.0 Å². The maximum Gasteiger partial charge on any atom is 0.182 e. The number of ketones is 1. The normalized spacial score (nSPS) is 17.7. The minimum absolute atomic E-state index is 0.143. The average Bonchev–Trinajstić information content (AvgIpc) is 2.57. The van der Waals surface area contributed by atoms with E-state index in [-0.39, 0.29) is 11.7 Å². The molecule has 0 unspecified atom stereocenters. The van der Waals surface area contributed by atoms with Crippen molar-refractivity contribution < 1.29 is 9.53 Å². The highest BCUT2D eigenvalue weighted by Gasteiger charge is 2.25. The second-order valence-corrected chi connectivity index (χ2v) is 4.63. The summed E-state index contributed by atoms with van der Waals surface area (Å²) >= 11 is 0. The van der Waals surface area contributed by atoms with Crippen LogP contribution in [0.5, 0.6) is 0 Å². The Morgan fingerprint density at radius 3 is 2.31 bits per heavy atom. The molecule has 3 nitrogen and oxygen atoms in total. The van der Waals surface area contributed by atoms with E-state index in [2.05, 4.69) is 11.9 Å². The van der Waals surface area contributed by atoms with Crippen molar-refractivity contribution in [2.45, 2.75) is 33.6 Å². The zero-order chi connectivity index (χ0) is 11.7. The van der Waals surface area contributed by atoms with Crippen LogP contribution >= 0.6 is 0 Å². The van der Waals surface area contributed by atoms with Gasteiger partial charge in [-0.05, 0) is 44.7 Å². The van der Waals surface area contributed by atoms with Crippen LogP contribution in [-0.2, 0) is 4.74 Å². The summed E-state index contributed by atoms with van der Waals surface area (Å²) in [7, 11) is 0. The number of H-pyrrole nitrogens is 1. The van der Waals surface area contributed by atoms with E-state index in [0.29, 0.717) is 13.2 Å². The van der Waals surface area contributed by atoms with E-state index in [1.165, 1.54) is 5.56 Å². The van der Waals surface area contributed by atoms with Crippen LogP contribution < -0.4 is 0 Å². The first-order valence-electron chi connectivity index (χ1n) is 5.89. The second-order valence-electron chi connectivity index (χ2n) is 4.63. The lowest BCUT2D eigenvalue weighted by Crippen LogP contribution is -2.24. The third-order valence-electron chi connectivity index (χ3n) is 3.65. The number of hydrogen-bond donors (Lipinski definition) is 1. The van der Waals surface area contributed by atoms with Crippen LogP contribution in [0.2, 0.25) is 0 Å². The lowest BCUT2D eigenvalue weighted by molar-refractivity contribution is 0.0541. The first-order valence-corrected chi connectivity index (χ1v) is 5.89. The number of carbonyl (C=O) groups is 1. The van der Waals surface area contributed by atoms with E-state index in [4.69, 9.17) is 4.74 Å². The van der Waals surface area contributed by atoms with Gasteiger partial charge in [0.2, 0.25) is 0 Å². The van der Waals surface area contributed by atoms with Crippen molar-refractivity contribution in [2.75, 3.05) is 13.2 Å². The third-order valence-corrected chi connectivity index (χ3v) is 3.65. The molecule has 1 aliphatic heterocycles. The van der Waals surface area contributed by atoms with Crippen LogP contribution in [0.3, 0.4) is 0 Å². The number of aryl methyl sites for hydroxylation is 1. The number of aromatic nitrogens is 1. The number of aromatic amines is 1. The van der Waals surface area contributed by atoms with Gasteiger partial charge in [-0.2, -0.15) is 0 Å². The molecule has 0 aliphatic carbocycles. The largest absolute Gasteiger partial charge is 0.381 e. The summed E-state index contributed by atoms with van der Waals surface area (Å²) in [6, 6.07) is 0. The van der Waals surface area contributed by atoms with Gasteiger partial charge in [-0.1, -0.05) is 0 Å². The topological polar surface area (TPSA) is 42.1 Å². The van der Waals surface area contributed by atoms with Crippen molar-refractivity contribution >= 4 is 5.78 Å². The maximum absolute atomic E-state index is 12.3. The van der Waals surface area contributed by atoms with Gasteiger partial charge >= 0.3 is 0 Å². The molecule has 0 amide bonds. The van der Waals surface area contributed by atoms with E-state index < -0.39 is 0 Å². The van der Waals surface area contributed by atoms with Gasteiger partial charge in [0, 0.05) is 24.8 Å². The van der Waals surface area contributed by atoms with Crippen LogP contribution in [0.25, 0.3) is 0 Å². The molecule has 3 heteroatoms. The molecule has 0 radical (unpaired) electrons. The minimum Gasteiger partial charge on any atom is -0.381 e. The van der Waals surface area contributed by atoms with Crippen molar-refractivity contribution in [3.05, 3.63) is 22.5 Å². The van der Waals surface area contributed by atoms with Gasteiger partial charge in [-0.3, -0.25) is 4.79 Å². The van der Waals surface area contributed by atoms with Crippen molar-refractivity contribution in [1.82, 2.24) is 4.98 Å². The summed E-state index contributed by atoms with van der Waals surface area (Å²) in [5, 5.41) is 0. The molecule has 1 N–H and O–H groups in total. The Kier molecular flexibility index (Phi) is 3.15. The smallest absolute Gasteiger partial charge is 0.182 e. The molecule has 0 saturated carbocycles. The molecule has 1 aromatic heterocycles. The van der Waals surface area contributed by atoms with E-state index in [1.54, 1.807) is 0 Å². The predicted molar refractivity (Wildman–Crippen MR) is 62.9 cm³/mol. The Bertz CT molecular complexity index is 400. The third kappa shape index (κ3) is 1.92. The van der Waals surface area contributed by atoms with Gasteiger partial charge in [0.1, 0.15) is 0 Å². The lowest BCUT2D eigenvalue weighted by Gasteiger charge is -2.20. The molecule has 88 valence electrons. The molecule has 1 fully saturated rings. The second kappa shape index (κ2) is 4.42. The van der Waals surface area contributed by atoms with Crippen LogP contribution in [0.4, 0.5) is 0 Å².